The fourth-order valence-corrected chi connectivity index (χ4v) is 2.86. The van der Waals surface area contributed by atoms with Crippen LogP contribution in [0.1, 0.15) is 23.6 Å². The van der Waals surface area contributed by atoms with Gasteiger partial charge >= 0.3 is 6.18 Å². The van der Waals surface area contributed by atoms with Crippen molar-refractivity contribution in [3.63, 3.8) is 0 Å². The van der Waals surface area contributed by atoms with E-state index in [0.717, 1.165) is 28.6 Å². The van der Waals surface area contributed by atoms with Crippen molar-refractivity contribution in [1.82, 2.24) is 9.55 Å². The van der Waals surface area contributed by atoms with E-state index in [0.29, 0.717) is 17.9 Å². The summed E-state index contributed by atoms with van der Waals surface area (Å²) in [5.41, 5.74) is 2.33. The van der Waals surface area contributed by atoms with Crippen LogP contribution in [0, 0.1) is 6.92 Å². The SMILES string of the molecule is CC=CC(=O)Nc1cnc2c(c1)c(C)cn2Cc1ccc(C(F)(F)F)cc1. The van der Waals surface area contributed by atoms with Crippen molar-refractivity contribution in [2.24, 2.45) is 0 Å². The molecule has 0 fully saturated rings. The number of carbonyl (C=O) groups excluding carboxylic acids is 1. The molecular weight excluding hydrogens is 355 g/mol. The predicted molar refractivity (Wildman–Crippen MR) is 98.5 cm³/mol. The van der Waals surface area contributed by atoms with Gasteiger partial charge in [0.15, 0.2) is 0 Å². The zero-order valence-electron chi connectivity index (χ0n) is 14.8. The molecule has 1 amide bonds. The van der Waals surface area contributed by atoms with Gasteiger partial charge < -0.3 is 9.88 Å². The second-order valence-electron chi connectivity index (χ2n) is 6.22. The number of allylic oxidation sites excluding steroid dienone is 1. The van der Waals surface area contributed by atoms with Crippen molar-refractivity contribution in [2.75, 3.05) is 5.32 Å². The lowest BCUT2D eigenvalue weighted by atomic mass is 10.1. The lowest BCUT2D eigenvalue weighted by Crippen LogP contribution is -2.08. The molecule has 7 heteroatoms. The first-order valence-corrected chi connectivity index (χ1v) is 8.33. The van der Waals surface area contributed by atoms with E-state index >= 15 is 0 Å². The van der Waals surface area contributed by atoms with E-state index < -0.39 is 11.7 Å². The number of carbonyl (C=O) groups is 1. The molecule has 1 aromatic carbocycles. The third-order valence-electron chi connectivity index (χ3n) is 4.13. The second-order valence-corrected chi connectivity index (χ2v) is 6.22. The highest BCUT2D eigenvalue weighted by Gasteiger charge is 2.29. The largest absolute Gasteiger partial charge is 0.416 e. The van der Waals surface area contributed by atoms with Gasteiger partial charge in [0.1, 0.15) is 5.65 Å². The molecule has 3 aromatic rings. The minimum atomic E-state index is -4.34. The van der Waals surface area contributed by atoms with Crippen molar-refractivity contribution < 1.29 is 18.0 Å². The number of hydrogen-bond acceptors (Lipinski definition) is 2. The smallest absolute Gasteiger partial charge is 0.328 e. The summed E-state index contributed by atoms with van der Waals surface area (Å²) < 4.78 is 39.9. The van der Waals surface area contributed by atoms with Gasteiger partial charge in [-0.3, -0.25) is 4.79 Å². The average Bonchev–Trinajstić information content (AvgIpc) is 2.90. The van der Waals surface area contributed by atoms with E-state index in [2.05, 4.69) is 10.3 Å². The van der Waals surface area contributed by atoms with E-state index in [1.165, 1.54) is 18.2 Å². The highest BCUT2D eigenvalue weighted by atomic mass is 19.4. The molecule has 0 saturated heterocycles. The average molecular weight is 373 g/mol. The van der Waals surface area contributed by atoms with E-state index in [1.807, 2.05) is 23.8 Å². The molecule has 0 aliphatic carbocycles. The van der Waals surface area contributed by atoms with Crippen molar-refractivity contribution in [3.8, 4) is 0 Å². The zero-order valence-corrected chi connectivity index (χ0v) is 14.8. The topological polar surface area (TPSA) is 46.9 Å². The molecular formula is C20H18F3N3O. The van der Waals surface area contributed by atoms with Crippen molar-refractivity contribution >= 4 is 22.6 Å². The lowest BCUT2D eigenvalue weighted by molar-refractivity contribution is -0.137. The molecule has 2 aromatic heterocycles. The predicted octanol–water partition coefficient (Wildman–Crippen LogP) is 4.93. The summed E-state index contributed by atoms with van der Waals surface area (Å²) in [6.45, 7) is 4.08. The van der Waals surface area contributed by atoms with Crippen LogP contribution in [-0.2, 0) is 17.5 Å². The van der Waals surface area contributed by atoms with Crippen LogP contribution in [0.4, 0.5) is 18.9 Å². The van der Waals surface area contributed by atoms with Crippen LogP contribution in [0.5, 0.6) is 0 Å². The number of amides is 1. The molecule has 0 bridgehead atoms. The number of fused-ring (bicyclic) bond motifs is 1. The van der Waals surface area contributed by atoms with Gasteiger partial charge in [0, 0.05) is 18.1 Å². The Bertz CT molecular complexity index is 1000. The van der Waals surface area contributed by atoms with E-state index in [-0.39, 0.29) is 5.91 Å². The molecule has 0 aliphatic rings. The monoisotopic (exact) mass is 373 g/mol. The number of aromatic nitrogens is 2. The number of pyridine rings is 1. The normalized spacial score (nSPS) is 12.0. The summed E-state index contributed by atoms with van der Waals surface area (Å²) >= 11 is 0. The Morgan fingerprint density at radius 1 is 1.26 bits per heavy atom. The number of rotatable bonds is 4. The molecule has 0 saturated carbocycles. The Kier molecular flexibility index (Phi) is 5.03. The minimum absolute atomic E-state index is 0.236. The fourth-order valence-electron chi connectivity index (χ4n) is 2.86. The summed E-state index contributed by atoms with van der Waals surface area (Å²) in [5.74, 6) is -0.236. The van der Waals surface area contributed by atoms with E-state index in [4.69, 9.17) is 0 Å². The van der Waals surface area contributed by atoms with E-state index in [1.54, 1.807) is 19.2 Å². The number of alkyl halides is 3. The second kappa shape index (κ2) is 7.26. The molecule has 0 aliphatic heterocycles. The minimum Gasteiger partial charge on any atom is -0.328 e. The van der Waals surface area contributed by atoms with Gasteiger partial charge in [0.25, 0.3) is 0 Å². The fraction of sp³-hybridized carbons (Fsp3) is 0.200. The lowest BCUT2D eigenvalue weighted by Gasteiger charge is -2.09. The molecule has 0 unspecified atom stereocenters. The van der Waals surface area contributed by atoms with Crippen molar-refractivity contribution in [3.05, 3.63) is 71.6 Å². The Hall–Kier alpha value is -3.09. The zero-order chi connectivity index (χ0) is 19.6. The van der Waals surface area contributed by atoms with Crippen molar-refractivity contribution in [1.29, 1.82) is 0 Å². The van der Waals surface area contributed by atoms with Gasteiger partial charge in [-0.15, -0.1) is 0 Å². The number of hydrogen-bond donors (Lipinski definition) is 1. The molecule has 0 atom stereocenters. The third kappa shape index (κ3) is 4.19. The maximum atomic E-state index is 12.7. The maximum absolute atomic E-state index is 12.7. The van der Waals surface area contributed by atoms with Crippen LogP contribution in [0.25, 0.3) is 11.0 Å². The molecule has 3 rings (SSSR count). The molecule has 27 heavy (non-hydrogen) atoms. The number of benzene rings is 1. The van der Waals surface area contributed by atoms with Gasteiger partial charge in [0.2, 0.25) is 5.91 Å². The first-order valence-electron chi connectivity index (χ1n) is 8.33. The van der Waals surface area contributed by atoms with Gasteiger partial charge in [-0.1, -0.05) is 18.2 Å². The van der Waals surface area contributed by atoms with Gasteiger partial charge in [-0.05, 0) is 49.2 Å². The van der Waals surface area contributed by atoms with Crippen LogP contribution in [0.15, 0.2) is 54.9 Å². The van der Waals surface area contributed by atoms with Crippen LogP contribution in [0.2, 0.25) is 0 Å². The molecule has 1 N–H and O–H groups in total. The molecule has 0 spiro atoms. The van der Waals surface area contributed by atoms with Crippen LogP contribution in [-0.4, -0.2) is 15.5 Å². The molecule has 0 radical (unpaired) electrons. The van der Waals surface area contributed by atoms with Crippen LogP contribution < -0.4 is 5.32 Å². The Labute approximate surface area is 154 Å². The summed E-state index contributed by atoms with van der Waals surface area (Å²) in [6.07, 6.45) is 2.18. The Balaban J connectivity index is 1.86. The summed E-state index contributed by atoms with van der Waals surface area (Å²) in [5, 5.41) is 3.61. The van der Waals surface area contributed by atoms with Crippen LogP contribution >= 0.6 is 0 Å². The van der Waals surface area contributed by atoms with Crippen LogP contribution in [0.3, 0.4) is 0 Å². The maximum Gasteiger partial charge on any atom is 0.416 e. The summed E-state index contributed by atoms with van der Waals surface area (Å²) in [6, 6.07) is 6.93. The number of anilines is 1. The number of nitrogens with one attached hydrogen (secondary N) is 1. The van der Waals surface area contributed by atoms with Crippen molar-refractivity contribution in [2.45, 2.75) is 26.6 Å². The summed E-state index contributed by atoms with van der Waals surface area (Å²) in [7, 11) is 0. The van der Waals surface area contributed by atoms with Gasteiger partial charge in [-0.2, -0.15) is 13.2 Å². The number of halogens is 3. The summed E-state index contributed by atoms with van der Waals surface area (Å²) in [4.78, 5) is 16.1. The molecule has 2 heterocycles. The first kappa shape index (κ1) is 18.7. The third-order valence-corrected chi connectivity index (χ3v) is 4.13. The highest BCUT2D eigenvalue weighted by Crippen LogP contribution is 2.29. The Morgan fingerprint density at radius 3 is 2.59 bits per heavy atom. The quantitative estimate of drug-likeness (QED) is 0.660. The first-order chi connectivity index (χ1) is 12.8. The van der Waals surface area contributed by atoms with E-state index in [9.17, 15) is 18.0 Å². The number of nitrogens with zero attached hydrogens (tertiary/aromatic N) is 2. The number of aryl methyl sites for hydroxylation is 1. The molecule has 140 valence electrons. The standard InChI is InChI=1S/C20H18F3N3O/c1-3-4-18(27)25-16-9-17-13(2)11-26(19(17)24-10-16)12-14-5-7-15(8-6-14)20(21,22)23/h3-11H,12H2,1-2H3,(H,25,27). The highest BCUT2D eigenvalue weighted by molar-refractivity contribution is 6.00. The van der Waals surface area contributed by atoms with Gasteiger partial charge in [0.05, 0.1) is 17.4 Å². The molecule has 4 nitrogen and oxygen atoms in total. The van der Waals surface area contributed by atoms with Gasteiger partial charge in [-0.25, -0.2) is 4.98 Å². The Morgan fingerprint density at radius 2 is 1.96 bits per heavy atom.